The van der Waals surface area contributed by atoms with Gasteiger partial charge in [-0.1, -0.05) is 41.9 Å². The number of nitrogens with one attached hydrogen (secondary N) is 1. The molecule has 3 aromatic rings. The Hall–Kier alpha value is -2.13. The number of aromatic nitrogens is 1. The summed E-state index contributed by atoms with van der Waals surface area (Å²) in [6.07, 6.45) is 3.35. The Kier molecular flexibility index (Phi) is 6.81. The van der Waals surface area contributed by atoms with Gasteiger partial charge in [0, 0.05) is 30.7 Å². The summed E-state index contributed by atoms with van der Waals surface area (Å²) in [6, 6.07) is 15.4. The van der Waals surface area contributed by atoms with Crippen LogP contribution in [0.5, 0.6) is 5.75 Å². The number of nitrogens with zero attached hydrogens (tertiary/aromatic N) is 2. The summed E-state index contributed by atoms with van der Waals surface area (Å²) >= 11 is 7.58. The van der Waals surface area contributed by atoms with Crippen LogP contribution in [0.1, 0.15) is 25.3 Å². The summed E-state index contributed by atoms with van der Waals surface area (Å²) in [4.78, 5) is 6.48. The van der Waals surface area contributed by atoms with Crippen molar-refractivity contribution in [3.63, 3.8) is 0 Å². The average Bonchev–Trinajstić information content (AvgIpc) is 3.24. The highest BCUT2D eigenvalue weighted by atomic mass is 35.5. The molecule has 0 bridgehead atoms. The van der Waals surface area contributed by atoms with Crippen LogP contribution in [0, 0.1) is 0 Å². The van der Waals surface area contributed by atoms with Gasteiger partial charge in [-0.2, -0.15) is 0 Å². The number of anilines is 1. The maximum atomic E-state index is 12.5. The first kappa shape index (κ1) is 22.1. The van der Waals surface area contributed by atoms with Crippen molar-refractivity contribution >= 4 is 38.1 Å². The maximum absolute atomic E-state index is 12.5. The van der Waals surface area contributed by atoms with Gasteiger partial charge in [-0.3, -0.25) is 9.62 Å². The van der Waals surface area contributed by atoms with Crippen molar-refractivity contribution < 1.29 is 13.2 Å². The van der Waals surface area contributed by atoms with E-state index in [2.05, 4.69) is 45.8 Å². The van der Waals surface area contributed by atoms with E-state index in [-0.39, 0.29) is 16.0 Å². The van der Waals surface area contributed by atoms with E-state index < -0.39 is 10.0 Å². The minimum Gasteiger partial charge on any atom is -0.489 e. The summed E-state index contributed by atoms with van der Waals surface area (Å²) in [7, 11) is -3.75. The van der Waals surface area contributed by atoms with Gasteiger partial charge in [-0.05, 0) is 43.5 Å². The Morgan fingerprint density at radius 2 is 2.06 bits per heavy atom. The smallest absolute Gasteiger partial charge is 0.263 e. The molecule has 2 aromatic carbocycles. The molecule has 1 aliphatic heterocycles. The quantitative estimate of drug-likeness (QED) is 0.516. The van der Waals surface area contributed by atoms with Crippen LogP contribution >= 0.6 is 22.9 Å². The number of sulfonamides is 1. The number of thiazole rings is 1. The molecule has 1 saturated heterocycles. The predicted octanol–water partition coefficient (Wildman–Crippen LogP) is 5.03. The van der Waals surface area contributed by atoms with E-state index in [0.29, 0.717) is 16.9 Å². The molecular weight excluding hydrogens is 454 g/mol. The second-order valence-corrected chi connectivity index (χ2v) is 10.6. The molecule has 2 heterocycles. The Balaban J connectivity index is 1.37. The van der Waals surface area contributed by atoms with Gasteiger partial charge >= 0.3 is 0 Å². The van der Waals surface area contributed by atoms with E-state index in [4.69, 9.17) is 16.3 Å². The van der Waals surface area contributed by atoms with Gasteiger partial charge in [0.15, 0.2) is 5.13 Å². The lowest BCUT2D eigenvalue weighted by Gasteiger charge is -2.37. The lowest BCUT2D eigenvalue weighted by atomic mass is 9.99. The molecule has 0 amide bonds. The molecular formula is C22H24ClN3O3S2. The average molecular weight is 478 g/mol. The molecule has 0 aliphatic carbocycles. The van der Waals surface area contributed by atoms with Gasteiger partial charge < -0.3 is 4.74 Å². The van der Waals surface area contributed by atoms with Gasteiger partial charge in [0.25, 0.3) is 10.0 Å². The number of ether oxygens (including phenoxy) is 1. The van der Waals surface area contributed by atoms with E-state index in [9.17, 15) is 8.42 Å². The van der Waals surface area contributed by atoms with Gasteiger partial charge in [0.05, 0.1) is 9.92 Å². The first-order valence-electron chi connectivity index (χ1n) is 10.1. The van der Waals surface area contributed by atoms with Crippen molar-refractivity contribution in [2.75, 3.05) is 11.3 Å². The molecule has 0 spiro atoms. The van der Waals surface area contributed by atoms with Crippen LogP contribution in [0.3, 0.4) is 0 Å². The molecule has 1 unspecified atom stereocenters. The normalized spacial score (nSPS) is 19.8. The number of halogens is 1. The monoisotopic (exact) mass is 477 g/mol. The van der Waals surface area contributed by atoms with Gasteiger partial charge in [0.1, 0.15) is 11.9 Å². The van der Waals surface area contributed by atoms with Crippen LogP contribution in [0.2, 0.25) is 5.02 Å². The summed E-state index contributed by atoms with van der Waals surface area (Å²) in [5.41, 5.74) is 1.31. The van der Waals surface area contributed by atoms with Crippen molar-refractivity contribution in [1.82, 2.24) is 9.88 Å². The van der Waals surface area contributed by atoms with E-state index in [1.54, 1.807) is 17.6 Å². The molecule has 6 nitrogen and oxygen atoms in total. The van der Waals surface area contributed by atoms with Crippen LogP contribution in [-0.2, 0) is 16.6 Å². The van der Waals surface area contributed by atoms with Crippen molar-refractivity contribution in [2.45, 2.75) is 43.4 Å². The predicted molar refractivity (Wildman–Crippen MR) is 124 cm³/mol. The third-order valence-corrected chi connectivity index (χ3v) is 7.81. The molecule has 4 rings (SSSR count). The van der Waals surface area contributed by atoms with Crippen LogP contribution in [-0.4, -0.2) is 37.0 Å². The topological polar surface area (TPSA) is 71.5 Å². The van der Waals surface area contributed by atoms with E-state index in [0.717, 1.165) is 25.9 Å². The molecule has 0 saturated carbocycles. The Morgan fingerprint density at radius 3 is 2.74 bits per heavy atom. The van der Waals surface area contributed by atoms with Crippen LogP contribution in [0.15, 0.2) is 65.0 Å². The van der Waals surface area contributed by atoms with Gasteiger partial charge in [-0.15, -0.1) is 11.3 Å². The summed E-state index contributed by atoms with van der Waals surface area (Å²) in [5.74, 6) is 0.503. The zero-order valence-corrected chi connectivity index (χ0v) is 19.5. The lowest BCUT2D eigenvalue weighted by Crippen LogP contribution is -2.43. The van der Waals surface area contributed by atoms with Crippen LogP contribution in [0.4, 0.5) is 5.13 Å². The zero-order chi connectivity index (χ0) is 21.8. The van der Waals surface area contributed by atoms with Crippen LogP contribution < -0.4 is 9.46 Å². The molecule has 1 N–H and O–H groups in total. The SMILES string of the molecule is C[C@@H]1CC(Oc2ccc(S(=O)(=O)Nc3nccs3)cc2Cl)CCN1Cc1ccccc1. The lowest BCUT2D eigenvalue weighted by molar-refractivity contribution is 0.0586. The first-order valence-corrected chi connectivity index (χ1v) is 12.8. The van der Waals surface area contributed by atoms with Gasteiger partial charge in [-0.25, -0.2) is 13.4 Å². The number of hydrogen-bond donors (Lipinski definition) is 1. The highest BCUT2D eigenvalue weighted by molar-refractivity contribution is 7.93. The molecule has 31 heavy (non-hydrogen) atoms. The number of benzene rings is 2. The van der Waals surface area contributed by atoms with E-state index in [1.165, 1.54) is 29.0 Å². The van der Waals surface area contributed by atoms with E-state index >= 15 is 0 Å². The fourth-order valence-electron chi connectivity index (χ4n) is 3.71. The van der Waals surface area contributed by atoms with Crippen molar-refractivity contribution in [3.05, 3.63) is 70.7 Å². The Labute approximate surface area is 191 Å². The fraction of sp³-hybridized carbons (Fsp3) is 0.318. The second-order valence-electron chi connectivity index (χ2n) is 7.60. The molecule has 164 valence electrons. The molecule has 2 atom stereocenters. The molecule has 1 aromatic heterocycles. The third-order valence-electron chi connectivity index (χ3n) is 5.36. The van der Waals surface area contributed by atoms with Crippen molar-refractivity contribution in [2.24, 2.45) is 0 Å². The molecule has 9 heteroatoms. The minimum atomic E-state index is -3.75. The van der Waals surface area contributed by atoms with Crippen molar-refractivity contribution in [3.8, 4) is 5.75 Å². The maximum Gasteiger partial charge on any atom is 0.263 e. The first-order chi connectivity index (χ1) is 14.9. The van der Waals surface area contributed by atoms with Crippen molar-refractivity contribution in [1.29, 1.82) is 0 Å². The summed E-state index contributed by atoms with van der Waals surface area (Å²) < 4.78 is 33.7. The second kappa shape index (κ2) is 9.56. The largest absolute Gasteiger partial charge is 0.489 e. The molecule has 1 fully saturated rings. The minimum absolute atomic E-state index is 0.0374. The number of hydrogen-bond acceptors (Lipinski definition) is 6. The van der Waals surface area contributed by atoms with Crippen LogP contribution in [0.25, 0.3) is 0 Å². The zero-order valence-electron chi connectivity index (χ0n) is 17.1. The molecule has 1 aliphatic rings. The van der Waals surface area contributed by atoms with E-state index in [1.807, 2.05) is 6.07 Å². The highest BCUT2D eigenvalue weighted by Gasteiger charge is 2.27. The molecule has 0 radical (unpaired) electrons. The number of rotatable bonds is 7. The number of piperidine rings is 1. The van der Waals surface area contributed by atoms with Gasteiger partial charge in [0.2, 0.25) is 0 Å². The standard InChI is InChI=1S/C22H24ClN3O3S2/c1-16-13-18(9-11-26(16)15-17-5-3-2-4-6-17)29-21-8-7-19(14-20(21)23)31(27,28)25-22-24-10-12-30-22/h2-8,10,12,14,16,18H,9,11,13,15H2,1H3,(H,24,25)/t16-,18?/m1/s1. The number of likely N-dealkylation sites (tertiary alicyclic amines) is 1. The third kappa shape index (κ3) is 5.57. The highest BCUT2D eigenvalue weighted by Crippen LogP contribution is 2.32. The Bertz CT molecular complexity index is 1110. The Morgan fingerprint density at radius 1 is 1.26 bits per heavy atom. The summed E-state index contributed by atoms with van der Waals surface area (Å²) in [5, 5.41) is 2.29. The fourth-order valence-corrected chi connectivity index (χ4v) is 5.81. The summed E-state index contributed by atoms with van der Waals surface area (Å²) in [6.45, 7) is 4.07.